The fraction of sp³-hybridized carbons (Fsp3) is 0.429. The van der Waals surface area contributed by atoms with Crippen LogP contribution in [0.4, 0.5) is 0 Å². The predicted molar refractivity (Wildman–Crippen MR) is 76.1 cm³/mol. The summed E-state index contributed by atoms with van der Waals surface area (Å²) in [4.78, 5) is 2.54. The van der Waals surface area contributed by atoms with E-state index >= 15 is 0 Å². The standard InChI is InChI=1S/C14H19BrN2/c1-2-3-14(17-10-8-16-9-11-17)12-4-6-13(15)7-5-12/h2,4-7,14,16H,1,3,8-11H2/t14-/m1/s1. The van der Waals surface area contributed by atoms with Crippen LogP contribution in [0.25, 0.3) is 0 Å². The van der Waals surface area contributed by atoms with Gasteiger partial charge in [0.15, 0.2) is 0 Å². The molecule has 0 bridgehead atoms. The zero-order valence-electron chi connectivity index (χ0n) is 10.0. The topological polar surface area (TPSA) is 15.3 Å². The normalized spacial score (nSPS) is 18.9. The highest BCUT2D eigenvalue weighted by Crippen LogP contribution is 2.26. The number of hydrogen-bond acceptors (Lipinski definition) is 2. The van der Waals surface area contributed by atoms with E-state index in [0.29, 0.717) is 6.04 Å². The molecule has 17 heavy (non-hydrogen) atoms. The van der Waals surface area contributed by atoms with Crippen molar-refractivity contribution in [1.82, 2.24) is 10.2 Å². The molecule has 1 aliphatic heterocycles. The van der Waals surface area contributed by atoms with E-state index in [4.69, 9.17) is 0 Å². The molecular formula is C14H19BrN2. The van der Waals surface area contributed by atoms with Gasteiger partial charge in [-0.2, -0.15) is 0 Å². The summed E-state index contributed by atoms with van der Waals surface area (Å²) in [6.45, 7) is 8.30. The molecule has 92 valence electrons. The van der Waals surface area contributed by atoms with E-state index in [0.717, 1.165) is 37.1 Å². The SMILES string of the molecule is C=CC[C@H](c1ccc(Br)cc1)N1CCNCC1. The van der Waals surface area contributed by atoms with Crippen molar-refractivity contribution in [3.8, 4) is 0 Å². The van der Waals surface area contributed by atoms with Gasteiger partial charge in [-0.05, 0) is 24.1 Å². The molecule has 1 saturated heterocycles. The van der Waals surface area contributed by atoms with Crippen molar-refractivity contribution in [2.24, 2.45) is 0 Å². The molecule has 2 rings (SSSR count). The Morgan fingerprint density at radius 3 is 2.53 bits per heavy atom. The Bertz CT molecular complexity index is 355. The molecule has 0 unspecified atom stereocenters. The first-order chi connectivity index (χ1) is 8.31. The number of benzene rings is 1. The first kappa shape index (κ1) is 12.8. The Hall–Kier alpha value is -0.640. The van der Waals surface area contributed by atoms with Gasteiger partial charge in [-0.25, -0.2) is 0 Å². The molecule has 1 aromatic carbocycles. The summed E-state index contributed by atoms with van der Waals surface area (Å²) in [7, 11) is 0. The maximum absolute atomic E-state index is 3.89. The van der Waals surface area contributed by atoms with E-state index < -0.39 is 0 Å². The largest absolute Gasteiger partial charge is 0.314 e. The van der Waals surface area contributed by atoms with Crippen LogP contribution in [-0.4, -0.2) is 31.1 Å². The number of halogens is 1. The number of hydrogen-bond donors (Lipinski definition) is 1. The zero-order valence-corrected chi connectivity index (χ0v) is 11.6. The van der Waals surface area contributed by atoms with Gasteiger partial charge in [0.1, 0.15) is 0 Å². The number of rotatable bonds is 4. The Balaban J connectivity index is 2.15. The minimum absolute atomic E-state index is 0.475. The van der Waals surface area contributed by atoms with Crippen LogP contribution in [0, 0.1) is 0 Å². The van der Waals surface area contributed by atoms with Gasteiger partial charge in [-0.1, -0.05) is 34.1 Å². The van der Waals surface area contributed by atoms with Crippen molar-refractivity contribution >= 4 is 15.9 Å². The molecule has 0 radical (unpaired) electrons. The second kappa shape index (κ2) is 6.34. The Morgan fingerprint density at radius 2 is 1.94 bits per heavy atom. The second-order valence-electron chi connectivity index (χ2n) is 4.38. The van der Waals surface area contributed by atoms with Gasteiger partial charge < -0.3 is 5.32 Å². The third kappa shape index (κ3) is 3.41. The lowest BCUT2D eigenvalue weighted by Gasteiger charge is -2.34. The van der Waals surface area contributed by atoms with E-state index in [2.05, 4.69) is 57.0 Å². The maximum atomic E-state index is 3.89. The molecule has 1 aromatic rings. The maximum Gasteiger partial charge on any atom is 0.0383 e. The van der Waals surface area contributed by atoms with E-state index in [1.54, 1.807) is 0 Å². The molecule has 0 aromatic heterocycles. The fourth-order valence-electron chi connectivity index (χ4n) is 2.33. The molecule has 0 amide bonds. The van der Waals surface area contributed by atoms with Gasteiger partial charge in [0.25, 0.3) is 0 Å². The van der Waals surface area contributed by atoms with E-state index in [-0.39, 0.29) is 0 Å². The summed E-state index contributed by atoms with van der Waals surface area (Å²) in [5.74, 6) is 0. The highest BCUT2D eigenvalue weighted by Gasteiger charge is 2.20. The van der Waals surface area contributed by atoms with Gasteiger partial charge >= 0.3 is 0 Å². The molecule has 2 nitrogen and oxygen atoms in total. The minimum atomic E-state index is 0.475. The second-order valence-corrected chi connectivity index (χ2v) is 5.29. The zero-order chi connectivity index (χ0) is 12.1. The fourth-order valence-corrected chi connectivity index (χ4v) is 2.60. The van der Waals surface area contributed by atoms with Gasteiger partial charge in [-0.3, -0.25) is 4.90 Å². The third-order valence-electron chi connectivity index (χ3n) is 3.24. The van der Waals surface area contributed by atoms with Gasteiger partial charge in [0.05, 0.1) is 0 Å². The molecule has 0 spiro atoms. The van der Waals surface area contributed by atoms with Gasteiger partial charge in [0, 0.05) is 36.7 Å². The number of nitrogens with zero attached hydrogens (tertiary/aromatic N) is 1. The summed E-state index contributed by atoms with van der Waals surface area (Å²) in [6.07, 6.45) is 3.04. The summed E-state index contributed by atoms with van der Waals surface area (Å²) < 4.78 is 1.14. The first-order valence-corrected chi connectivity index (χ1v) is 6.91. The molecular weight excluding hydrogens is 276 g/mol. The summed E-state index contributed by atoms with van der Waals surface area (Å²) in [5.41, 5.74) is 1.38. The van der Waals surface area contributed by atoms with Crippen LogP contribution in [0.3, 0.4) is 0 Å². The van der Waals surface area contributed by atoms with Crippen LogP contribution < -0.4 is 5.32 Å². The van der Waals surface area contributed by atoms with Crippen molar-refractivity contribution in [3.05, 3.63) is 47.0 Å². The smallest absolute Gasteiger partial charge is 0.0383 e. The Kier molecular flexibility index (Phi) is 4.77. The molecule has 1 fully saturated rings. The molecule has 1 atom stereocenters. The Morgan fingerprint density at radius 1 is 1.29 bits per heavy atom. The van der Waals surface area contributed by atoms with Crippen LogP contribution in [-0.2, 0) is 0 Å². The summed E-state index contributed by atoms with van der Waals surface area (Å²) in [6, 6.07) is 9.13. The molecule has 0 aliphatic carbocycles. The van der Waals surface area contributed by atoms with Crippen molar-refractivity contribution in [1.29, 1.82) is 0 Å². The van der Waals surface area contributed by atoms with Crippen molar-refractivity contribution in [3.63, 3.8) is 0 Å². The van der Waals surface area contributed by atoms with Crippen molar-refractivity contribution in [2.75, 3.05) is 26.2 Å². The number of piperazine rings is 1. The first-order valence-electron chi connectivity index (χ1n) is 6.12. The van der Waals surface area contributed by atoms with Gasteiger partial charge in [0.2, 0.25) is 0 Å². The van der Waals surface area contributed by atoms with E-state index in [9.17, 15) is 0 Å². The third-order valence-corrected chi connectivity index (χ3v) is 3.77. The van der Waals surface area contributed by atoms with Crippen LogP contribution in [0.2, 0.25) is 0 Å². The quantitative estimate of drug-likeness (QED) is 0.859. The molecule has 3 heteroatoms. The molecule has 1 N–H and O–H groups in total. The summed E-state index contributed by atoms with van der Waals surface area (Å²) >= 11 is 3.49. The molecule has 0 saturated carbocycles. The Labute approximate surface area is 112 Å². The lowest BCUT2D eigenvalue weighted by Crippen LogP contribution is -2.45. The van der Waals surface area contributed by atoms with Gasteiger partial charge in [-0.15, -0.1) is 6.58 Å². The minimum Gasteiger partial charge on any atom is -0.314 e. The lowest BCUT2D eigenvalue weighted by atomic mass is 10.0. The van der Waals surface area contributed by atoms with Crippen LogP contribution in [0.5, 0.6) is 0 Å². The average Bonchev–Trinajstić information content (AvgIpc) is 2.38. The highest BCUT2D eigenvalue weighted by atomic mass is 79.9. The van der Waals surface area contributed by atoms with Crippen LogP contribution in [0.15, 0.2) is 41.4 Å². The van der Waals surface area contributed by atoms with Crippen LogP contribution >= 0.6 is 15.9 Å². The van der Waals surface area contributed by atoms with E-state index in [1.807, 2.05) is 6.08 Å². The van der Waals surface area contributed by atoms with Crippen molar-refractivity contribution in [2.45, 2.75) is 12.5 Å². The van der Waals surface area contributed by atoms with Crippen LogP contribution in [0.1, 0.15) is 18.0 Å². The molecule has 1 heterocycles. The van der Waals surface area contributed by atoms with E-state index in [1.165, 1.54) is 5.56 Å². The lowest BCUT2D eigenvalue weighted by molar-refractivity contribution is 0.174. The monoisotopic (exact) mass is 294 g/mol. The molecule has 1 aliphatic rings. The summed E-state index contributed by atoms with van der Waals surface area (Å²) in [5, 5.41) is 3.40. The van der Waals surface area contributed by atoms with Crippen molar-refractivity contribution < 1.29 is 0 Å². The highest BCUT2D eigenvalue weighted by molar-refractivity contribution is 9.10. The number of nitrogens with one attached hydrogen (secondary N) is 1. The average molecular weight is 295 g/mol. The predicted octanol–water partition coefficient (Wildman–Crippen LogP) is 2.97.